The molecule has 3 rings (SSSR count). The molecule has 1 N–H and O–H groups in total. The third-order valence-electron chi connectivity index (χ3n) is 4.17. The molecule has 0 radical (unpaired) electrons. The van der Waals surface area contributed by atoms with E-state index < -0.39 is 15.9 Å². The van der Waals surface area contributed by atoms with Gasteiger partial charge in [0, 0.05) is 11.9 Å². The SMILES string of the molecule is CN(CC(=O)Nc1nc2c(s1)CCCCCC2)S(=O)(=O)c1ccc(Cl)s1. The molecule has 0 spiro atoms. The van der Waals surface area contributed by atoms with Gasteiger partial charge in [0.05, 0.1) is 16.6 Å². The lowest BCUT2D eigenvalue weighted by molar-refractivity contribution is -0.116. The molecule has 0 saturated carbocycles. The Balaban J connectivity index is 1.64. The van der Waals surface area contributed by atoms with Crippen LogP contribution in [0.3, 0.4) is 0 Å². The maximum absolute atomic E-state index is 12.5. The fraction of sp³-hybridized carbons (Fsp3) is 0.500. The fourth-order valence-corrected chi connectivity index (χ4v) is 6.68. The number of halogens is 1. The molecule has 0 aliphatic heterocycles. The van der Waals surface area contributed by atoms with Crippen molar-refractivity contribution < 1.29 is 13.2 Å². The van der Waals surface area contributed by atoms with Gasteiger partial charge in [-0.2, -0.15) is 4.31 Å². The number of carbonyl (C=O) groups is 1. The highest BCUT2D eigenvalue weighted by Gasteiger charge is 2.25. The van der Waals surface area contributed by atoms with Gasteiger partial charge in [-0.25, -0.2) is 13.4 Å². The van der Waals surface area contributed by atoms with Crippen molar-refractivity contribution >= 4 is 55.3 Å². The molecular formula is C16H20ClN3O3S3. The Hall–Kier alpha value is -1.000. The maximum Gasteiger partial charge on any atom is 0.252 e. The Kier molecular flexibility index (Phi) is 6.34. The number of fused-ring (bicyclic) bond motifs is 1. The summed E-state index contributed by atoms with van der Waals surface area (Å²) in [6.45, 7) is -0.276. The lowest BCUT2D eigenvalue weighted by Gasteiger charge is -2.15. The summed E-state index contributed by atoms with van der Waals surface area (Å²) in [5.41, 5.74) is 1.07. The topological polar surface area (TPSA) is 79.4 Å². The van der Waals surface area contributed by atoms with Gasteiger partial charge in [0.2, 0.25) is 5.91 Å². The number of sulfonamides is 1. The number of anilines is 1. The van der Waals surface area contributed by atoms with Crippen LogP contribution in [0.5, 0.6) is 0 Å². The molecule has 0 atom stereocenters. The van der Waals surface area contributed by atoms with E-state index in [1.165, 1.54) is 48.2 Å². The van der Waals surface area contributed by atoms with Crippen molar-refractivity contribution in [3.05, 3.63) is 27.0 Å². The summed E-state index contributed by atoms with van der Waals surface area (Å²) in [5, 5.41) is 3.29. The first-order chi connectivity index (χ1) is 12.4. The molecule has 2 aromatic heterocycles. The first-order valence-electron chi connectivity index (χ1n) is 8.36. The van der Waals surface area contributed by atoms with Crippen LogP contribution in [0.1, 0.15) is 36.3 Å². The molecule has 0 unspecified atom stereocenters. The summed E-state index contributed by atoms with van der Waals surface area (Å²) in [7, 11) is -2.35. The molecule has 0 saturated heterocycles. The fourth-order valence-electron chi connectivity index (χ4n) is 2.79. The average Bonchev–Trinajstić information content (AvgIpc) is 3.14. The summed E-state index contributed by atoms with van der Waals surface area (Å²) >= 11 is 8.27. The molecule has 2 aromatic rings. The summed E-state index contributed by atoms with van der Waals surface area (Å²) in [4.78, 5) is 18.0. The van der Waals surface area contributed by atoms with Crippen LogP contribution in [0.25, 0.3) is 0 Å². The number of hydrogen-bond donors (Lipinski definition) is 1. The third-order valence-corrected chi connectivity index (χ3v) is 8.75. The number of thiazole rings is 1. The van der Waals surface area contributed by atoms with E-state index in [1.807, 2.05) is 0 Å². The molecule has 0 aromatic carbocycles. The Morgan fingerprint density at radius 1 is 1.23 bits per heavy atom. The monoisotopic (exact) mass is 433 g/mol. The second kappa shape index (κ2) is 8.35. The number of aryl methyl sites for hydroxylation is 2. The number of rotatable bonds is 5. The first-order valence-corrected chi connectivity index (χ1v) is 11.8. The Morgan fingerprint density at radius 2 is 1.96 bits per heavy atom. The van der Waals surface area contributed by atoms with Gasteiger partial charge >= 0.3 is 0 Å². The van der Waals surface area contributed by atoms with Gasteiger partial charge in [0.25, 0.3) is 10.0 Å². The lowest BCUT2D eigenvalue weighted by atomic mass is 10.0. The van der Waals surface area contributed by atoms with E-state index in [2.05, 4.69) is 10.3 Å². The van der Waals surface area contributed by atoms with Crippen molar-refractivity contribution in [3.63, 3.8) is 0 Å². The van der Waals surface area contributed by atoms with Crippen molar-refractivity contribution in [2.75, 3.05) is 18.9 Å². The van der Waals surface area contributed by atoms with Gasteiger partial charge in [-0.05, 0) is 37.8 Å². The standard InChI is InChI=1S/C16H20ClN3O3S3/c1-20(26(22,23)15-9-8-13(17)25-15)10-14(21)19-16-18-11-6-4-2-3-5-7-12(11)24-16/h8-9H,2-7,10H2,1H3,(H,18,19,21). The summed E-state index contributed by atoms with van der Waals surface area (Å²) < 4.78 is 26.4. The highest BCUT2D eigenvalue weighted by atomic mass is 35.5. The predicted octanol–water partition coefficient (Wildman–Crippen LogP) is 3.78. The van der Waals surface area contributed by atoms with Crippen LogP contribution < -0.4 is 5.32 Å². The van der Waals surface area contributed by atoms with E-state index in [9.17, 15) is 13.2 Å². The predicted molar refractivity (Wildman–Crippen MR) is 106 cm³/mol. The van der Waals surface area contributed by atoms with E-state index in [0.717, 1.165) is 47.0 Å². The summed E-state index contributed by atoms with van der Waals surface area (Å²) in [6.07, 6.45) is 6.65. The largest absolute Gasteiger partial charge is 0.301 e. The third kappa shape index (κ3) is 4.64. The van der Waals surface area contributed by atoms with Gasteiger partial charge < -0.3 is 5.32 Å². The molecule has 2 heterocycles. The Morgan fingerprint density at radius 3 is 2.65 bits per heavy atom. The van der Waals surface area contributed by atoms with Crippen molar-refractivity contribution in [2.24, 2.45) is 0 Å². The van der Waals surface area contributed by atoms with Crippen LogP contribution in [0.4, 0.5) is 5.13 Å². The maximum atomic E-state index is 12.5. The zero-order valence-corrected chi connectivity index (χ0v) is 17.5. The van der Waals surface area contributed by atoms with Crippen LogP contribution in [0, 0.1) is 0 Å². The van der Waals surface area contributed by atoms with Crippen LogP contribution in [-0.2, 0) is 27.7 Å². The number of amides is 1. The number of aromatic nitrogens is 1. The Bertz CT molecular complexity index is 866. The van der Waals surface area contributed by atoms with Crippen molar-refractivity contribution in [3.8, 4) is 0 Å². The van der Waals surface area contributed by atoms with Crippen LogP contribution in [0.2, 0.25) is 4.34 Å². The lowest BCUT2D eigenvalue weighted by Crippen LogP contribution is -2.34. The van der Waals surface area contributed by atoms with Gasteiger partial charge in [-0.15, -0.1) is 22.7 Å². The van der Waals surface area contributed by atoms with Crippen LogP contribution in [-0.4, -0.2) is 37.2 Å². The van der Waals surface area contributed by atoms with E-state index >= 15 is 0 Å². The van der Waals surface area contributed by atoms with Gasteiger partial charge in [0.1, 0.15) is 4.21 Å². The zero-order chi connectivity index (χ0) is 18.7. The normalized spacial score (nSPS) is 15.3. The molecule has 1 amide bonds. The quantitative estimate of drug-likeness (QED) is 0.778. The highest BCUT2D eigenvalue weighted by molar-refractivity contribution is 7.91. The van der Waals surface area contributed by atoms with E-state index in [-0.39, 0.29) is 10.8 Å². The Labute approximate surface area is 166 Å². The molecule has 1 aliphatic carbocycles. The number of likely N-dealkylation sites (N-methyl/N-ethyl adjacent to an activating group) is 1. The number of hydrogen-bond acceptors (Lipinski definition) is 6. The number of nitrogens with zero attached hydrogens (tertiary/aromatic N) is 2. The van der Waals surface area contributed by atoms with Crippen molar-refractivity contribution in [1.29, 1.82) is 0 Å². The van der Waals surface area contributed by atoms with E-state index in [0.29, 0.717) is 9.47 Å². The molecule has 0 bridgehead atoms. The highest BCUT2D eigenvalue weighted by Crippen LogP contribution is 2.29. The molecule has 0 fully saturated rings. The number of thiophene rings is 1. The van der Waals surface area contributed by atoms with Crippen LogP contribution >= 0.6 is 34.3 Å². The molecule has 142 valence electrons. The van der Waals surface area contributed by atoms with Gasteiger partial charge in [-0.1, -0.05) is 24.4 Å². The number of nitrogens with one attached hydrogen (secondary N) is 1. The second-order valence-corrected chi connectivity index (χ2v) is 11.2. The van der Waals surface area contributed by atoms with E-state index in [4.69, 9.17) is 11.6 Å². The minimum Gasteiger partial charge on any atom is -0.301 e. The minimum atomic E-state index is -3.73. The van der Waals surface area contributed by atoms with Crippen LogP contribution in [0.15, 0.2) is 16.3 Å². The van der Waals surface area contributed by atoms with Gasteiger partial charge in [-0.3, -0.25) is 4.79 Å². The molecular weight excluding hydrogens is 414 g/mol. The molecule has 6 nitrogen and oxygen atoms in total. The van der Waals surface area contributed by atoms with Crippen molar-refractivity contribution in [2.45, 2.75) is 42.7 Å². The number of carbonyl (C=O) groups excluding carboxylic acids is 1. The smallest absolute Gasteiger partial charge is 0.252 e. The molecule has 26 heavy (non-hydrogen) atoms. The minimum absolute atomic E-state index is 0.120. The zero-order valence-electron chi connectivity index (χ0n) is 14.3. The average molecular weight is 434 g/mol. The van der Waals surface area contributed by atoms with E-state index in [1.54, 1.807) is 0 Å². The second-order valence-electron chi connectivity index (χ2n) is 6.17. The molecule has 1 aliphatic rings. The first kappa shape index (κ1) is 19.8. The molecule has 10 heteroatoms. The van der Waals surface area contributed by atoms with Gasteiger partial charge in [0.15, 0.2) is 5.13 Å². The van der Waals surface area contributed by atoms with Crippen molar-refractivity contribution in [1.82, 2.24) is 9.29 Å². The summed E-state index contributed by atoms with van der Waals surface area (Å²) in [5.74, 6) is -0.402. The summed E-state index contributed by atoms with van der Waals surface area (Å²) in [6, 6.07) is 2.97.